The van der Waals surface area contributed by atoms with Gasteiger partial charge in [-0.3, -0.25) is 11.3 Å². The van der Waals surface area contributed by atoms with Gasteiger partial charge in [0.2, 0.25) is 0 Å². The lowest BCUT2D eigenvalue weighted by molar-refractivity contribution is 0.101. The maximum absolute atomic E-state index is 5.71. The van der Waals surface area contributed by atoms with Gasteiger partial charge in [0, 0.05) is 12.6 Å². The number of nitrogens with two attached hydrogens (primary N) is 1. The molecule has 2 atom stereocenters. The average molecular weight is 278 g/mol. The summed E-state index contributed by atoms with van der Waals surface area (Å²) in [6.07, 6.45) is 6.18. The van der Waals surface area contributed by atoms with Gasteiger partial charge in [-0.25, -0.2) is 0 Å². The monoisotopic (exact) mass is 278 g/mol. The minimum Gasteiger partial charge on any atom is -0.496 e. The van der Waals surface area contributed by atoms with E-state index in [-0.39, 0.29) is 6.04 Å². The average Bonchev–Trinajstić information content (AvgIpc) is 2.97. The van der Waals surface area contributed by atoms with Gasteiger partial charge in [-0.15, -0.1) is 0 Å². The van der Waals surface area contributed by atoms with Gasteiger partial charge < -0.3 is 9.47 Å². The summed E-state index contributed by atoms with van der Waals surface area (Å²) in [5.41, 5.74) is 5.29. The number of benzene rings is 1. The SMILES string of the molecule is COc1ccc(C(CCCC2CCCO2)NN)cc1C. The highest BCUT2D eigenvalue weighted by molar-refractivity contribution is 5.37. The van der Waals surface area contributed by atoms with Crippen molar-refractivity contribution in [1.82, 2.24) is 5.43 Å². The molecular weight excluding hydrogens is 252 g/mol. The normalized spacial score (nSPS) is 20.1. The predicted octanol–water partition coefficient (Wildman–Crippen LogP) is 2.86. The molecule has 1 aromatic carbocycles. The smallest absolute Gasteiger partial charge is 0.121 e. The second kappa shape index (κ2) is 7.62. The van der Waals surface area contributed by atoms with E-state index in [2.05, 4.69) is 24.5 Å². The Morgan fingerprint density at radius 3 is 2.95 bits per heavy atom. The fourth-order valence-electron chi connectivity index (χ4n) is 2.89. The zero-order valence-corrected chi connectivity index (χ0v) is 12.5. The van der Waals surface area contributed by atoms with E-state index >= 15 is 0 Å². The van der Waals surface area contributed by atoms with Crippen LogP contribution in [0.25, 0.3) is 0 Å². The summed E-state index contributed by atoms with van der Waals surface area (Å²) in [7, 11) is 1.70. The lowest BCUT2D eigenvalue weighted by Gasteiger charge is -2.18. The predicted molar refractivity (Wildman–Crippen MR) is 80.6 cm³/mol. The van der Waals surface area contributed by atoms with Crippen LogP contribution in [0.2, 0.25) is 0 Å². The van der Waals surface area contributed by atoms with Crippen LogP contribution in [0.4, 0.5) is 0 Å². The zero-order chi connectivity index (χ0) is 14.4. The Morgan fingerprint density at radius 2 is 2.35 bits per heavy atom. The second-order valence-corrected chi connectivity index (χ2v) is 5.51. The van der Waals surface area contributed by atoms with Crippen LogP contribution < -0.4 is 16.0 Å². The largest absolute Gasteiger partial charge is 0.496 e. The van der Waals surface area contributed by atoms with E-state index in [1.54, 1.807) is 7.11 Å². The number of methoxy groups -OCH3 is 1. The van der Waals surface area contributed by atoms with E-state index in [0.29, 0.717) is 6.10 Å². The maximum atomic E-state index is 5.71. The number of hydrogen-bond acceptors (Lipinski definition) is 4. The molecule has 1 aromatic rings. The molecule has 20 heavy (non-hydrogen) atoms. The number of ether oxygens (including phenoxy) is 2. The van der Waals surface area contributed by atoms with Crippen molar-refractivity contribution in [1.29, 1.82) is 0 Å². The Kier molecular flexibility index (Phi) is 5.83. The molecule has 2 rings (SSSR count). The summed E-state index contributed by atoms with van der Waals surface area (Å²) >= 11 is 0. The summed E-state index contributed by atoms with van der Waals surface area (Å²) in [5, 5.41) is 0. The third-order valence-corrected chi connectivity index (χ3v) is 4.07. The first kappa shape index (κ1) is 15.3. The van der Waals surface area contributed by atoms with E-state index in [1.165, 1.54) is 18.4 Å². The quantitative estimate of drug-likeness (QED) is 0.595. The molecule has 112 valence electrons. The van der Waals surface area contributed by atoms with Crippen molar-refractivity contribution in [3.63, 3.8) is 0 Å². The van der Waals surface area contributed by atoms with Gasteiger partial charge >= 0.3 is 0 Å². The first-order valence-corrected chi connectivity index (χ1v) is 7.47. The van der Waals surface area contributed by atoms with Crippen LogP contribution in [0.3, 0.4) is 0 Å². The van der Waals surface area contributed by atoms with Crippen molar-refractivity contribution in [2.24, 2.45) is 5.84 Å². The number of aryl methyl sites for hydroxylation is 1. The molecule has 0 bridgehead atoms. The van der Waals surface area contributed by atoms with Crippen molar-refractivity contribution < 1.29 is 9.47 Å². The molecular formula is C16H26N2O2. The van der Waals surface area contributed by atoms with Crippen LogP contribution in [0, 0.1) is 6.92 Å². The third kappa shape index (κ3) is 3.95. The molecule has 0 aliphatic carbocycles. The van der Waals surface area contributed by atoms with Crippen LogP contribution in [-0.2, 0) is 4.74 Å². The molecule has 0 amide bonds. The van der Waals surface area contributed by atoms with E-state index in [9.17, 15) is 0 Å². The molecule has 1 saturated heterocycles. The van der Waals surface area contributed by atoms with Crippen molar-refractivity contribution in [2.75, 3.05) is 13.7 Å². The summed E-state index contributed by atoms with van der Waals surface area (Å²) in [5.74, 6) is 6.63. The van der Waals surface area contributed by atoms with Crippen LogP contribution >= 0.6 is 0 Å². The fraction of sp³-hybridized carbons (Fsp3) is 0.625. The topological polar surface area (TPSA) is 56.5 Å². The molecule has 0 spiro atoms. The van der Waals surface area contributed by atoms with E-state index in [4.69, 9.17) is 15.3 Å². The van der Waals surface area contributed by atoms with Crippen molar-refractivity contribution >= 4 is 0 Å². The molecule has 0 radical (unpaired) electrons. The Bertz CT molecular complexity index is 417. The van der Waals surface area contributed by atoms with Gasteiger partial charge in [0.15, 0.2) is 0 Å². The van der Waals surface area contributed by atoms with Gasteiger partial charge in [-0.2, -0.15) is 0 Å². The number of hydrazine groups is 1. The number of nitrogens with one attached hydrogen (secondary N) is 1. The lowest BCUT2D eigenvalue weighted by atomic mass is 9.98. The molecule has 4 nitrogen and oxygen atoms in total. The highest BCUT2D eigenvalue weighted by Gasteiger charge is 2.17. The highest BCUT2D eigenvalue weighted by Crippen LogP contribution is 2.26. The third-order valence-electron chi connectivity index (χ3n) is 4.07. The lowest BCUT2D eigenvalue weighted by Crippen LogP contribution is -2.28. The Hall–Kier alpha value is -1.10. The summed E-state index contributed by atoms with van der Waals surface area (Å²) < 4.78 is 10.9. The number of rotatable bonds is 7. The molecule has 2 unspecified atom stereocenters. The second-order valence-electron chi connectivity index (χ2n) is 5.51. The Labute approximate surface area is 121 Å². The first-order chi connectivity index (χ1) is 9.74. The maximum Gasteiger partial charge on any atom is 0.121 e. The number of hydrogen-bond donors (Lipinski definition) is 2. The Balaban J connectivity index is 1.88. The van der Waals surface area contributed by atoms with Gasteiger partial charge in [0.1, 0.15) is 5.75 Å². The fourth-order valence-corrected chi connectivity index (χ4v) is 2.89. The van der Waals surface area contributed by atoms with Gasteiger partial charge in [0.05, 0.1) is 13.2 Å². The minimum absolute atomic E-state index is 0.195. The van der Waals surface area contributed by atoms with Crippen molar-refractivity contribution in [3.05, 3.63) is 29.3 Å². The van der Waals surface area contributed by atoms with E-state index < -0.39 is 0 Å². The molecule has 1 aliphatic heterocycles. The van der Waals surface area contributed by atoms with Crippen molar-refractivity contribution in [2.45, 2.75) is 51.2 Å². The Morgan fingerprint density at radius 1 is 1.50 bits per heavy atom. The van der Waals surface area contributed by atoms with Crippen LogP contribution in [-0.4, -0.2) is 19.8 Å². The zero-order valence-electron chi connectivity index (χ0n) is 12.5. The van der Waals surface area contributed by atoms with Crippen molar-refractivity contribution in [3.8, 4) is 5.75 Å². The van der Waals surface area contributed by atoms with Crippen LogP contribution in [0.5, 0.6) is 5.75 Å². The van der Waals surface area contributed by atoms with Crippen LogP contribution in [0.1, 0.15) is 49.3 Å². The summed E-state index contributed by atoms with van der Waals surface area (Å²) in [6.45, 7) is 2.99. The molecule has 3 N–H and O–H groups in total. The van der Waals surface area contributed by atoms with Gasteiger partial charge in [0.25, 0.3) is 0 Å². The van der Waals surface area contributed by atoms with Gasteiger partial charge in [-0.05, 0) is 56.2 Å². The molecule has 0 saturated carbocycles. The standard InChI is InChI=1S/C16H26N2O2/c1-12-11-13(8-9-16(12)19-2)15(18-17)7-3-5-14-6-4-10-20-14/h8-9,11,14-15,18H,3-7,10,17H2,1-2H3. The van der Waals surface area contributed by atoms with E-state index in [0.717, 1.165) is 37.2 Å². The van der Waals surface area contributed by atoms with E-state index in [1.807, 2.05) is 6.07 Å². The van der Waals surface area contributed by atoms with Crippen LogP contribution in [0.15, 0.2) is 18.2 Å². The summed E-state index contributed by atoms with van der Waals surface area (Å²) in [6, 6.07) is 6.44. The highest BCUT2D eigenvalue weighted by atomic mass is 16.5. The molecule has 1 aliphatic rings. The molecule has 4 heteroatoms. The van der Waals surface area contributed by atoms with Gasteiger partial charge in [-0.1, -0.05) is 12.1 Å². The minimum atomic E-state index is 0.195. The first-order valence-electron chi connectivity index (χ1n) is 7.47. The summed E-state index contributed by atoms with van der Waals surface area (Å²) in [4.78, 5) is 0. The molecule has 0 aromatic heterocycles. The molecule has 1 heterocycles. The molecule has 1 fully saturated rings.